The molecular formula is C20H24N2O3S. The number of rotatable bonds is 6. The van der Waals surface area contributed by atoms with E-state index in [9.17, 15) is 15.0 Å². The predicted molar refractivity (Wildman–Crippen MR) is 102 cm³/mol. The SMILES string of the molecule is O=C(CSc1ccncc1)N1CC[C@H](O)[C@](CO)(Cc2ccccc2)C1. The van der Waals surface area contributed by atoms with Crippen LogP contribution in [0.1, 0.15) is 12.0 Å². The van der Waals surface area contributed by atoms with Gasteiger partial charge in [-0.2, -0.15) is 0 Å². The minimum absolute atomic E-state index is 0.0320. The largest absolute Gasteiger partial charge is 0.396 e. The van der Waals surface area contributed by atoms with E-state index < -0.39 is 11.5 Å². The molecule has 5 nitrogen and oxygen atoms in total. The molecule has 0 unspecified atom stereocenters. The van der Waals surface area contributed by atoms with Gasteiger partial charge in [-0.25, -0.2) is 0 Å². The first-order valence-corrected chi connectivity index (χ1v) is 9.75. The van der Waals surface area contributed by atoms with Gasteiger partial charge in [0.05, 0.1) is 18.5 Å². The lowest BCUT2D eigenvalue weighted by atomic mass is 9.73. The molecule has 0 bridgehead atoms. The van der Waals surface area contributed by atoms with Crippen molar-refractivity contribution in [2.45, 2.75) is 23.8 Å². The Morgan fingerprint density at radius 1 is 1.23 bits per heavy atom. The molecular weight excluding hydrogens is 348 g/mol. The molecule has 138 valence electrons. The fourth-order valence-electron chi connectivity index (χ4n) is 3.42. The number of aliphatic hydroxyl groups excluding tert-OH is 2. The maximum absolute atomic E-state index is 12.7. The number of piperidine rings is 1. The van der Waals surface area contributed by atoms with E-state index in [0.29, 0.717) is 31.7 Å². The number of aromatic nitrogens is 1. The van der Waals surface area contributed by atoms with Crippen molar-refractivity contribution >= 4 is 17.7 Å². The summed E-state index contributed by atoms with van der Waals surface area (Å²) in [6.45, 7) is 0.743. The van der Waals surface area contributed by atoms with Gasteiger partial charge in [-0.1, -0.05) is 30.3 Å². The van der Waals surface area contributed by atoms with Gasteiger partial charge in [0.2, 0.25) is 5.91 Å². The summed E-state index contributed by atoms with van der Waals surface area (Å²) in [5.41, 5.74) is 0.345. The number of carbonyl (C=O) groups is 1. The molecule has 1 aliphatic rings. The minimum Gasteiger partial charge on any atom is -0.396 e. The number of thioether (sulfide) groups is 1. The van der Waals surface area contributed by atoms with E-state index in [1.54, 1.807) is 17.3 Å². The monoisotopic (exact) mass is 372 g/mol. The summed E-state index contributed by atoms with van der Waals surface area (Å²) < 4.78 is 0. The van der Waals surface area contributed by atoms with Gasteiger partial charge < -0.3 is 15.1 Å². The van der Waals surface area contributed by atoms with E-state index >= 15 is 0 Å². The molecule has 0 radical (unpaired) electrons. The van der Waals surface area contributed by atoms with E-state index in [4.69, 9.17) is 0 Å². The molecule has 0 saturated carbocycles. The van der Waals surface area contributed by atoms with Crippen molar-refractivity contribution < 1.29 is 15.0 Å². The van der Waals surface area contributed by atoms with Crippen molar-refractivity contribution in [1.82, 2.24) is 9.88 Å². The summed E-state index contributed by atoms with van der Waals surface area (Å²) in [6.07, 6.45) is 3.83. The zero-order valence-electron chi connectivity index (χ0n) is 14.6. The van der Waals surface area contributed by atoms with Crippen LogP contribution in [0.4, 0.5) is 0 Å². The van der Waals surface area contributed by atoms with Crippen LogP contribution < -0.4 is 0 Å². The smallest absolute Gasteiger partial charge is 0.232 e. The molecule has 6 heteroatoms. The van der Waals surface area contributed by atoms with Crippen LogP contribution in [0, 0.1) is 5.41 Å². The number of likely N-dealkylation sites (tertiary alicyclic amines) is 1. The third-order valence-corrected chi connectivity index (χ3v) is 5.96. The number of carbonyl (C=O) groups excluding carboxylic acids is 1. The van der Waals surface area contributed by atoms with Gasteiger partial charge in [0, 0.05) is 35.8 Å². The lowest BCUT2D eigenvalue weighted by Crippen LogP contribution is -2.56. The predicted octanol–water partition coefficient (Wildman–Crippen LogP) is 1.99. The van der Waals surface area contributed by atoms with Crippen LogP contribution in [0.5, 0.6) is 0 Å². The molecule has 1 aromatic heterocycles. The Bertz CT molecular complexity index is 714. The van der Waals surface area contributed by atoms with Gasteiger partial charge in [0.1, 0.15) is 0 Å². The van der Waals surface area contributed by atoms with Crippen molar-refractivity contribution in [3.63, 3.8) is 0 Å². The highest BCUT2D eigenvalue weighted by Gasteiger charge is 2.43. The average molecular weight is 372 g/mol. The third kappa shape index (κ3) is 4.44. The first kappa shape index (κ1) is 18.9. The van der Waals surface area contributed by atoms with E-state index in [1.807, 2.05) is 42.5 Å². The Morgan fingerprint density at radius 2 is 1.96 bits per heavy atom. The topological polar surface area (TPSA) is 73.7 Å². The molecule has 2 aromatic rings. The zero-order chi connectivity index (χ0) is 18.4. The van der Waals surface area contributed by atoms with Crippen LogP contribution in [0.2, 0.25) is 0 Å². The molecule has 2 atom stereocenters. The third-order valence-electron chi connectivity index (χ3n) is 4.96. The molecule has 2 N–H and O–H groups in total. The molecule has 1 fully saturated rings. The summed E-state index contributed by atoms with van der Waals surface area (Å²) in [4.78, 5) is 19.4. The summed E-state index contributed by atoms with van der Waals surface area (Å²) in [6, 6.07) is 13.6. The van der Waals surface area contributed by atoms with Crippen LogP contribution in [0.15, 0.2) is 59.8 Å². The van der Waals surface area contributed by atoms with Gasteiger partial charge in [-0.3, -0.25) is 9.78 Å². The second kappa shape index (κ2) is 8.66. The van der Waals surface area contributed by atoms with Crippen LogP contribution in [0.25, 0.3) is 0 Å². The van der Waals surface area contributed by atoms with Crippen molar-refractivity contribution in [1.29, 1.82) is 0 Å². The molecule has 1 aromatic carbocycles. The standard InChI is InChI=1S/C20H24N2O3S/c23-15-20(12-16-4-2-1-3-5-16)14-22(11-8-18(20)24)19(25)13-26-17-6-9-21-10-7-17/h1-7,9-10,18,23-24H,8,11-15H2/t18-,20+/m0/s1. The Kier molecular flexibility index (Phi) is 6.29. The lowest BCUT2D eigenvalue weighted by molar-refractivity contribution is -0.139. The molecule has 2 heterocycles. The number of nitrogens with zero attached hydrogens (tertiary/aromatic N) is 2. The maximum atomic E-state index is 12.7. The molecule has 1 saturated heterocycles. The van der Waals surface area contributed by atoms with Crippen LogP contribution in [-0.4, -0.2) is 57.6 Å². The van der Waals surface area contributed by atoms with Gasteiger partial charge in [-0.15, -0.1) is 11.8 Å². The molecule has 1 aliphatic heterocycles. The fourth-order valence-corrected chi connectivity index (χ4v) is 4.21. The fraction of sp³-hybridized carbons (Fsp3) is 0.400. The molecule has 0 spiro atoms. The van der Waals surface area contributed by atoms with Crippen molar-refractivity contribution in [3.05, 3.63) is 60.4 Å². The van der Waals surface area contributed by atoms with Gasteiger partial charge >= 0.3 is 0 Å². The first-order chi connectivity index (χ1) is 12.6. The van der Waals surface area contributed by atoms with E-state index in [1.165, 1.54) is 11.8 Å². The Labute approximate surface area is 158 Å². The van der Waals surface area contributed by atoms with Gasteiger partial charge in [0.25, 0.3) is 0 Å². The highest BCUT2D eigenvalue weighted by Crippen LogP contribution is 2.34. The molecule has 1 amide bonds. The summed E-state index contributed by atoms with van der Waals surface area (Å²) in [5, 5.41) is 20.6. The van der Waals surface area contributed by atoms with Crippen molar-refractivity contribution in [2.24, 2.45) is 5.41 Å². The Balaban J connectivity index is 1.66. The van der Waals surface area contributed by atoms with Crippen LogP contribution >= 0.6 is 11.8 Å². The Morgan fingerprint density at radius 3 is 2.65 bits per heavy atom. The first-order valence-electron chi connectivity index (χ1n) is 8.76. The van der Waals surface area contributed by atoms with Gasteiger partial charge in [0.15, 0.2) is 0 Å². The van der Waals surface area contributed by atoms with Crippen molar-refractivity contribution in [2.75, 3.05) is 25.4 Å². The number of amides is 1. The average Bonchev–Trinajstić information content (AvgIpc) is 2.69. The number of pyridine rings is 1. The van der Waals surface area contributed by atoms with Crippen LogP contribution in [0.3, 0.4) is 0 Å². The lowest BCUT2D eigenvalue weighted by Gasteiger charge is -2.45. The van der Waals surface area contributed by atoms with Crippen LogP contribution in [-0.2, 0) is 11.2 Å². The number of hydrogen-bond acceptors (Lipinski definition) is 5. The Hall–Kier alpha value is -1.89. The van der Waals surface area contributed by atoms with E-state index in [-0.39, 0.29) is 12.5 Å². The van der Waals surface area contributed by atoms with E-state index in [2.05, 4.69) is 4.98 Å². The molecule has 26 heavy (non-hydrogen) atoms. The minimum atomic E-state index is -0.712. The summed E-state index contributed by atoms with van der Waals surface area (Å²) in [7, 11) is 0. The number of benzene rings is 1. The maximum Gasteiger partial charge on any atom is 0.232 e. The summed E-state index contributed by atoms with van der Waals surface area (Å²) in [5.74, 6) is 0.372. The highest BCUT2D eigenvalue weighted by molar-refractivity contribution is 8.00. The van der Waals surface area contributed by atoms with Crippen molar-refractivity contribution in [3.8, 4) is 0 Å². The zero-order valence-corrected chi connectivity index (χ0v) is 15.4. The second-order valence-electron chi connectivity index (χ2n) is 6.77. The quantitative estimate of drug-likeness (QED) is 0.759. The normalized spacial score (nSPS) is 23.0. The molecule has 3 rings (SSSR count). The number of aliphatic hydroxyl groups is 2. The number of hydrogen-bond donors (Lipinski definition) is 2. The highest BCUT2D eigenvalue weighted by atomic mass is 32.2. The van der Waals surface area contributed by atoms with Gasteiger partial charge in [-0.05, 0) is 30.5 Å². The molecule has 0 aliphatic carbocycles. The van der Waals surface area contributed by atoms with E-state index in [0.717, 1.165) is 10.5 Å². The second-order valence-corrected chi connectivity index (χ2v) is 7.82. The summed E-state index contributed by atoms with van der Waals surface area (Å²) >= 11 is 1.48.